The molecule has 1 unspecified atom stereocenters. The summed E-state index contributed by atoms with van der Waals surface area (Å²) in [6.07, 6.45) is 4.52. The van der Waals surface area contributed by atoms with Gasteiger partial charge in [0.1, 0.15) is 0 Å². The summed E-state index contributed by atoms with van der Waals surface area (Å²) in [7, 11) is 2.63. The maximum Gasteiger partial charge on any atom is 0.0388 e. The van der Waals surface area contributed by atoms with Crippen molar-refractivity contribution in [2.75, 3.05) is 0 Å². The summed E-state index contributed by atoms with van der Waals surface area (Å²) in [4.78, 5) is 0. The molecular formula is C17H20NP. The van der Waals surface area contributed by atoms with Crippen molar-refractivity contribution in [2.24, 2.45) is 0 Å². The molecule has 1 aliphatic rings. The first kappa shape index (κ1) is 14.0. The van der Waals surface area contributed by atoms with E-state index in [2.05, 4.69) is 27.4 Å². The Kier molecular flexibility index (Phi) is 5.30. The van der Waals surface area contributed by atoms with Gasteiger partial charge in [-0.15, -0.1) is 9.24 Å². The van der Waals surface area contributed by atoms with Gasteiger partial charge >= 0.3 is 0 Å². The zero-order valence-corrected chi connectivity index (χ0v) is 12.3. The van der Waals surface area contributed by atoms with E-state index in [0.29, 0.717) is 0 Å². The highest BCUT2D eigenvalue weighted by atomic mass is 31.0. The second-order valence-electron chi connectivity index (χ2n) is 4.75. The molecule has 2 aromatic rings. The molecule has 1 N–H and O–H groups in total. The highest BCUT2D eigenvalue weighted by Crippen LogP contribution is 2.19. The van der Waals surface area contributed by atoms with E-state index >= 15 is 0 Å². The van der Waals surface area contributed by atoms with E-state index < -0.39 is 0 Å². The average Bonchev–Trinajstić information content (AvgIpc) is 2.63. The molecule has 0 saturated heterocycles. The van der Waals surface area contributed by atoms with E-state index in [0.717, 1.165) is 18.6 Å². The molecule has 3 rings (SSSR count). The van der Waals surface area contributed by atoms with E-state index in [-0.39, 0.29) is 0 Å². The van der Waals surface area contributed by atoms with Gasteiger partial charge in [0, 0.05) is 5.71 Å². The fourth-order valence-corrected chi connectivity index (χ4v) is 2.46. The standard InChI is InChI=1S/C11H13N.C6H7P/c12-11-8-4-2-6-9-5-1-3-7-10(9)11;7-6-4-2-1-3-5-6/h1,3,5,7,12H,2,4,6,8H2;1-5H,7H2. The quantitative estimate of drug-likeness (QED) is 0.553. The number of nitrogens with one attached hydrogen (secondary N) is 1. The van der Waals surface area contributed by atoms with Gasteiger partial charge in [-0.2, -0.15) is 0 Å². The van der Waals surface area contributed by atoms with Crippen LogP contribution in [0.1, 0.15) is 30.4 Å². The number of fused-ring (bicyclic) bond motifs is 1. The molecule has 19 heavy (non-hydrogen) atoms. The van der Waals surface area contributed by atoms with Crippen LogP contribution in [0.4, 0.5) is 0 Å². The Balaban J connectivity index is 0.000000163. The second kappa shape index (κ2) is 7.21. The predicted octanol–water partition coefficient (Wildman–Crippen LogP) is 3.97. The third-order valence-electron chi connectivity index (χ3n) is 3.26. The third kappa shape index (κ3) is 4.29. The zero-order chi connectivity index (χ0) is 13.5. The molecule has 0 saturated carbocycles. The van der Waals surface area contributed by atoms with Crippen LogP contribution in [0, 0.1) is 5.41 Å². The summed E-state index contributed by atoms with van der Waals surface area (Å²) in [5, 5.41) is 9.05. The number of aryl methyl sites for hydroxylation is 1. The molecule has 0 fully saturated rings. The van der Waals surface area contributed by atoms with Crippen molar-refractivity contribution in [3.63, 3.8) is 0 Å². The van der Waals surface area contributed by atoms with Crippen LogP contribution in [0.5, 0.6) is 0 Å². The van der Waals surface area contributed by atoms with Crippen molar-refractivity contribution < 1.29 is 0 Å². The first-order valence-electron chi connectivity index (χ1n) is 6.73. The first-order chi connectivity index (χ1) is 9.27. The molecule has 1 nitrogen and oxygen atoms in total. The largest absolute Gasteiger partial charge is 0.305 e. The van der Waals surface area contributed by atoms with E-state index in [9.17, 15) is 0 Å². The highest BCUT2D eigenvalue weighted by molar-refractivity contribution is 7.27. The van der Waals surface area contributed by atoms with Gasteiger partial charge in [-0.25, -0.2) is 0 Å². The Morgan fingerprint density at radius 3 is 2.11 bits per heavy atom. The van der Waals surface area contributed by atoms with Crippen LogP contribution in [0.15, 0.2) is 54.6 Å². The van der Waals surface area contributed by atoms with Gasteiger partial charge in [0.05, 0.1) is 0 Å². The summed E-state index contributed by atoms with van der Waals surface area (Å²) in [5.41, 5.74) is 3.36. The molecule has 0 aromatic heterocycles. The number of hydrogen-bond acceptors (Lipinski definition) is 1. The minimum atomic E-state index is 0.822. The highest BCUT2D eigenvalue weighted by Gasteiger charge is 2.10. The van der Waals surface area contributed by atoms with Crippen LogP contribution in [0.25, 0.3) is 0 Å². The Hall–Kier alpha value is -1.46. The molecule has 0 aliphatic heterocycles. The topological polar surface area (TPSA) is 23.9 Å². The van der Waals surface area contributed by atoms with Gasteiger partial charge in [-0.1, -0.05) is 54.6 Å². The number of rotatable bonds is 0. The summed E-state index contributed by atoms with van der Waals surface area (Å²) in [6, 6.07) is 18.4. The number of hydrogen-bond donors (Lipinski definition) is 1. The molecule has 1 atom stereocenters. The maximum absolute atomic E-state index is 7.81. The minimum Gasteiger partial charge on any atom is -0.305 e. The lowest BCUT2D eigenvalue weighted by Crippen LogP contribution is -1.98. The van der Waals surface area contributed by atoms with Crippen molar-refractivity contribution >= 4 is 20.3 Å². The van der Waals surface area contributed by atoms with Gasteiger partial charge in [-0.3, -0.25) is 0 Å². The Bertz CT molecular complexity index is 534. The molecule has 0 heterocycles. The van der Waals surface area contributed by atoms with Gasteiger partial charge in [0.2, 0.25) is 0 Å². The summed E-state index contributed by atoms with van der Waals surface area (Å²) < 4.78 is 0. The second-order valence-corrected chi connectivity index (χ2v) is 5.42. The van der Waals surface area contributed by atoms with Crippen molar-refractivity contribution in [3.8, 4) is 0 Å². The molecule has 2 heteroatoms. The molecule has 0 spiro atoms. The summed E-state index contributed by atoms with van der Waals surface area (Å²) >= 11 is 0. The molecule has 1 aliphatic carbocycles. The molecule has 0 radical (unpaired) electrons. The molecule has 98 valence electrons. The van der Waals surface area contributed by atoms with Crippen LogP contribution in [-0.2, 0) is 6.42 Å². The van der Waals surface area contributed by atoms with Crippen LogP contribution >= 0.6 is 9.24 Å². The molecule has 2 aromatic carbocycles. The predicted molar refractivity (Wildman–Crippen MR) is 86.6 cm³/mol. The van der Waals surface area contributed by atoms with Crippen molar-refractivity contribution in [1.29, 1.82) is 5.41 Å². The van der Waals surface area contributed by atoms with Gasteiger partial charge in [-0.05, 0) is 42.1 Å². The van der Waals surface area contributed by atoms with Crippen molar-refractivity contribution in [3.05, 3.63) is 65.7 Å². The van der Waals surface area contributed by atoms with Crippen LogP contribution in [-0.4, -0.2) is 5.71 Å². The molecule has 0 amide bonds. The molecular weight excluding hydrogens is 249 g/mol. The third-order valence-corrected chi connectivity index (χ3v) is 3.65. The number of benzene rings is 2. The normalized spacial score (nSPS) is 13.8. The molecule has 0 bridgehead atoms. The SMILES string of the molecule is N=C1CCCCc2ccccc21.Pc1ccccc1. The first-order valence-corrected chi connectivity index (χ1v) is 7.31. The van der Waals surface area contributed by atoms with Gasteiger partial charge in [0.25, 0.3) is 0 Å². The van der Waals surface area contributed by atoms with Crippen LogP contribution in [0.3, 0.4) is 0 Å². The smallest absolute Gasteiger partial charge is 0.0388 e. The van der Waals surface area contributed by atoms with Gasteiger partial charge in [0.15, 0.2) is 0 Å². The van der Waals surface area contributed by atoms with E-state index in [1.165, 1.54) is 29.3 Å². The monoisotopic (exact) mass is 269 g/mol. The van der Waals surface area contributed by atoms with Crippen molar-refractivity contribution in [2.45, 2.75) is 25.7 Å². The van der Waals surface area contributed by atoms with Gasteiger partial charge < -0.3 is 5.41 Å². The lowest BCUT2D eigenvalue weighted by Gasteiger charge is -2.03. The summed E-state index contributed by atoms with van der Waals surface area (Å²) in [6.45, 7) is 0. The minimum absolute atomic E-state index is 0.822. The lowest BCUT2D eigenvalue weighted by molar-refractivity contribution is 0.775. The fraction of sp³-hybridized carbons (Fsp3) is 0.235. The van der Waals surface area contributed by atoms with Crippen LogP contribution < -0.4 is 5.30 Å². The lowest BCUT2D eigenvalue weighted by atomic mass is 10.0. The zero-order valence-electron chi connectivity index (χ0n) is 11.1. The maximum atomic E-state index is 7.81. The Morgan fingerprint density at radius 2 is 1.42 bits per heavy atom. The summed E-state index contributed by atoms with van der Waals surface area (Å²) in [5.74, 6) is 0. The Morgan fingerprint density at radius 1 is 0.789 bits per heavy atom. The fourth-order valence-electron chi connectivity index (χ4n) is 2.24. The average molecular weight is 269 g/mol. The Labute approximate surface area is 117 Å². The van der Waals surface area contributed by atoms with Crippen molar-refractivity contribution in [1.82, 2.24) is 0 Å². The van der Waals surface area contributed by atoms with Crippen LogP contribution in [0.2, 0.25) is 0 Å². The van der Waals surface area contributed by atoms with E-state index in [1.807, 2.05) is 36.4 Å². The van der Waals surface area contributed by atoms with E-state index in [1.54, 1.807) is 0 Å². The van der Waals surface area contributed by atoms with E-state index in [4.69, 9.17) is 5.41 Å².